The fourth-order valence-electron chi connectivity index (χ4n) is 1.42. The number of hydrogen-bond donors (Lipinski definition) is 2. The molecule has 17 heavy (non-hydrogen) atoms. The molecule has 94 valence electrons. The van der Waals surface area contributed by atoms with Crippen molar-refractivity contribution < 1.29 is 24.1 Å². The van der Waals surface area contributed by atoms with E-state index in [1.54, 1.807) is 6.92 Å². The smallest absolute Gasteiger partial charge is 0.344 e. The van der Waals surface area contributed by atoms with Gasteiger partial charge in [-0.3, -0.25) is 0 Å². The van der Waals surface area contributed by atoms with Gasteiger partial charge in [-0.2, -0.15) is 0 Å². The zero-order valence-electron chi connectivity index (χ0n) is 9.68. The molecular formula is C12H15FO4. The number of hydrogen-bond acceptors (Lipinski definition) is 3. The molecule has 0 fully saturated rings. The van der Waals surface area contributed by atoms with Gasteiger partial charge < -0.3 is 14.9 Å². The Morgan fingerprint density at radius 1 is 1.53 bits per heavy atom. The van der Waals surface area contributed by atoms with E-state index in [1.165, 1.54) is 19.1 Å². The van der Waals surface area contributed by atoms with Gasteiger partial charge in [0, 0.05) is 11.6 Å². The Balaban J connectivity index is 3.02. The third-order valence-electron chi connectivity index (χ3n) is 2.34. The van der Waals surface area contributed by atoms with E-state index in [4.69, 9.17) is 9.84 Å². The first-order valence-corrected chi connectivity index (χ1v) is 5.32. The third kappa shape index (κ3) is 3.42. The second-order valence-corrected chi connectivity index (χ2v) is 3.71. The third-order valence-corrected chi connectivity index (χ3v) is 2.34. The maximum Gasteiger partial charge on any atom is 0.344 e. The van der Waals surface area contributed by atoms with Gasteiger partial charge in [0.15, 0.2) is 6.10 Å². The van der Waals surface area contributed by atoms with Crippen LogP contribution >= 0.6 is 0 Å². The quantitative estimate of drug-likeness (QED) is 0.830. The molecule has 0 aliphatic carbocycles. The van der Waals surface area contributed by atoms with E-state index >= 15 is 0 Å². The second kappa shape index (κ2) is 5.63. The Bertz CT molecular complexity index is 403. The fourth-order valence-corrected chi connectivity index (χ4v) is 1.42. The molecule has 5 heteroatoms. The molecule has 4 nitrogen and oxygen atoms in total. The zero-order valence-corrected chi connectivity index (χ0v) is 9.68. The van der Waals surface area contributed by atoms with E-state index in [9.17, 15) is 14.3 Å². The van der Waals surface area contributed by atoms with Crippen LogP contribution in [-0.4, -0.2) is 22.3 Å². The number of aliphatic hydroxyl groups excluding tert-OH is 1. The van der Waals surface area contributed by atoms with Crippen molar-refractivity contribution in [2.24, 2.45) is 0 Å². The number of carboxylic acids is 1. The van der Waals surface area contributed by atoms with Crippen molar-refractivity contribution in [3.05, 3.63) is 29.6 Å². The van der Waals surface area contributed by atoms with E-state index in [0.29, 0.717) is 5.56 Å². The molecule has 1 rings (SSSR count). The number of aliphatic hydroxyl groups is 1. The van der Waals surface area contributed by atoms with Crippen LogP contribution in [0.2, 0.25) is 0 Å². The Morgan fingerprint density at radius 3 is 2.65 bits per heavy atom. The van der Waals surface area contributed by atoms with Crippen LogP contribution in [0.1, 0.15) is 31.9 Å². The van der Waals surface area contributed by atoms with Crippen LogP contribution in [0.25, 0.3) is 0 Å². The largest absolute Gasteiger partial charge is 0.479 e. The summed E-state index contributed by atoms with van der Waals surface area (Å²) in [7, 11) is 0. The van der Waals surface area contributed by atoms with Crippen LogP contribution in [0, 0.1) is 5.82 Å². The Kier molecular flexibility index (Phi) is 4.45. The maximum absolute atomic E-state index is 13.1. The molecular weight excluding hydrogens is 227 g/mol. The lowest BCUT2D eigenvalue weighted by molar-refractivity contribution is -0.145. The van der Waals surface area contributed by atoms with Crippen molar-refractivity contribution in [1.82, 2.24) is 0 Å². The van der Waals surface area contributed by atoms with Crippen LogP contribution in [0.5, 0.6) is 5.75 Å². The molecule has 2 atom stereocenters. The molecule has 0 radical (unpaired) electrons. The molecule has 0 aliphatic rings. The summed E-state index contributed by atoms with van der Waals surface area (Å²) < 4.78 is 18.3. The topological polar surface area (TPSA) is 66.8 Å². The molecule has 0 bridgehead atoms. The van der Waals surface area contributed by atoms with Gasteiger partial charge in [0.05, 0.1) is 6.10 Å². The minimum absolute atomic E-state index is 0.0641. The number of carbonyl (C=O) groups is 1. The lowest BCUT2D eigenvalue weighted by atomic mass is 10.1. The molecule has 0 saturated heterocycles. The lowest BCUT2D eigenvalue weighted by Gasteiger charge is -2.17. The van der Waals surface area contributed by atoms with Crippen molar-refractivity contribution in [2.45, 2.75) is 32.5 Å². The van der Waals surface area contributed by atoms with Crippen LogP contribution < -0.4 is 4.74 Å². The van der Waals surface area contributed by atoms with Gasteiger partial charge >= 0.3 is 5.97 Å². The number of aliphatic carboxylic acids is 1. The van der Waals surface area contributed by atoms with Gasteiger partial charge in [-0.1, -0.05) is 6.92 Å². The fraction of sp³-hybridized carbons (Fsp3) is 0.417. The second-order valence-electron chi connectivity index (χ2n) is 3.71. The first-order valence-electron chi connectivity index (χ1n) is 5.32. The molecule has 1 aromatic rings. The summed E-state index contributed by atoms with van der Waals surface area (Å²) in [6.07, 6.45) is -1.64. The van der Waals surface area contributed by atoms with Crippen molar-refractivity contribution >= 4 is 5.97 Å². The highest BCUT2D eigenvalue weighted by Gasteiger charge is 2.20. The summed E-state index contributed by atoms with van der Waals surface area (Å²) in [5.74, 6) is -1.59. The molecule has 0 amide bonds. The van der Waals surface area contributed by atoms with E-state index in [0.717, 1.165) is 6.07 Å². The average Bonchev–Trinajstić information content (AvgIpc) is 2.25. The van der Waals surface area contributed by atoms with Crippen molar-refractivity contribution in [3.63, 3.8) is 0 Å². The molecule has 0 saturated carbocycles. The van der Waals surface area contributed by atoms with Gasteiger partial charge in [-0.15, -0.1) is 0 Å². The minimum atomic E-state index is -1.12. The van der Waals surface area contributed by atoms with E-state index < -0.39 is 24.0 Å². The predicted octanol–water partition coefficient (Wildman–Crippen LogP) is 2.12. The standard InChI is InChI=1S/C12H15FO4/c1-3-10(12(15)16)17-11-6-8(13)4-5-9(11)7(2)14/h4-7,10,14H,3H2,1-2H3,(H,15,16)/t7-,10?/m1/s1. The normalized spacial score (nSPS) is 14.1. The summed E-state index contributed by atoms with van der Waals surface area (Å²) in [4.78, 5) is 10.8. The number of carboxylic acid groups (broad SMARTS) is 1. The van der Waals surface area contributed by atoms with E-state index in [2.05, 4.69) is 0 Å². The van der Waals surface area contributed by atoms with Crippen molar-refractivity contribution in [3.8, 4) is 5.75 Å². The molecule has 0 aliphatic heterocycles. The molecule has 0 heterocycles. The first kappa shape index (κ1) is 13.4. The highest BCUT2D eigenvalue weighted by atomic mass is 19.1. The van der Waals surface area contributed by atoms with Crippen LogP contribution in [0.3, 0.4) is 0 Å². The van der Waals surface area contributed by atoms with Gasteiger partial charge in [0.1, 0.15) is 11.6 Å². The summed E-state index contributed by atoms with van der Waals surface area (Å²) in [6.45, 7) is 3.15. The number of rotatable bonds is 5. The summed E-state index contributed by atoms with van der Waals surface area (Å²) in [5, 5.41) is 18.3. The summed E-state index contributed by atoms with van der Waals surface area (Å²) in [6, 6.07) is 3.65. The zero-order chi connectivity index (χ0) is 13.0. The van der Waals surface area contributed by atoms with Crippen LogP contribution in [0.4, 0.5) is 4.39 Å². The number of ether oxygens (including phenoxy) is 1. The van der Waals surface area contributed by atoms with Crippen LogP contribution in [-0.2, 0) is 4.79 Å². The van der Waals surface area contributed by atoms with Crippen molar-refractivity contribution in [2.75, 3.05) is 0 Å². The molecule has 0 aromatic heterocycles. The Morgan fingerprint density at radius 2 is 2.18 bits per heavy atom. The average molecular weight is 242 g/mol. The molecule has 0 spiro atoms. The van der Waals surface area contributed by atoms with E-state index in [1.807, 2.05) is 0 Å². The van der Waals surface area contributed by atoms with Gasteiger partial charge in [0.25, 0.3) is 0 Å². The SMILES string of the molecule is CCC(Oc1cc(F)ccc1[C@@H](C)O)C(=O)O. The van der Waals surface area contributed by atoms with Gasteiger partial charge in [-0.25, -0.2) is 9.18 Å². The number of halogens is 1. The monoisotopic (exact) mass is 242 g/mol. The molecule has 1 unspecified atom stereocenters. The Labute approximate surface area is 98.7 Å². The van der Waals surface area contributed by atoms with Gasteiger partial charge in [-0.05, 0) is 25.5 Å². The summed E-state index contributed by atoms with van der Waals surface area (Å²) >= 11 is 0. The Hall–Kier alpha value is -1.62. The van der Waals surface area contributed by atoms with Crippen LogP contribution in [0.15, 0.2) is 18.2 Å². The van der Waals surface area contributed by atoms with E-state index in [-0.39, 0.29) is 12.2 Å². The maximum atomic E-state index is 13.1. The predicted molar refractivity (Wildman–Crippen MR) is 59.4 cm³/mol. The highest BCUT2D eigenvalue weighted by molar-refractivity contribution is 5.72. The minimum Gasteiger partial charge on any atom is -0.479 e. The van der Waals surface area contributed by atoms with Crippen molar-refractivity contribution in [1.29, 1.82) is 0 Å². The summed E-state index contributed by atoms with van der Waals surface area (Å²) in [5.41, 5.74) is 0.367. The first-order chi connectivity index (χ1) is 7.95. The molecule has 1 aromatic carbocycles. The van der Waals surface area contributed by atoms with Gasteiger partial charge in [0.2, 0.25) is 0 Å². The number of benzene rings is 1. The lowest BCUT2D eigenvalue weighted by Crippen LogP contribution is -2.26. The molecule has 2 N–H and O–H groups in total. The highest BCUT2D eigenvalue weighted by Crippen LogP contribution is 2.27.